The van der Waals surface area contributed by atoms with E-state index >= 15 is 0 Å². The average molecular weight is 284 g/mol. The van der Waals surface area contributed by atoms with Gasteiger partial charge in [0.05, 0.1) is 12.1 Å². The first-order chi connectivity index (χ1) is 9.69. The van der Waals surface area contributed by atoms with Crippen LogP contribution < -0.4 is 10.6 Å². The number of amides is 2. The van der Waals surface area contributed by atoms with E-state index in [4.69, 9.17) is 9.47 Å². The molecular formula is C15H28N2O3. The highest BCUT2D eigenvalue weighted by molar-refractivity contribution is 5.74. The van der Waals surface area contributed by atoms with E-state index in [-0.39, 0.29) is 18.2 Å². The maximum absolute atomic E-state index is 12.0. The van der Waals surface area contributed by atoms with E-state index in [1.54, 1.807) is 14.2 Å². The molecule has 116 valence electrons. The molecule has 2 amide bonds. The predicted octanol–water partition coefficient (Wildman–Crippen LogP) is 2.06. The van der Waals surface area contributed by atoms with Crippen molar-refractivity contribution < 1.29 is 14.3 Å². The molecule has 2 atom stereocenters. The van der Waals surface area contributed by atoms with Crippen molar-refractivity contribution in [1.82, 2.24) is 10.6 Å². The van der Waals surface area contributed by atoms with Gasteiger partial charge in [-0.3, -0.25) is 0 Å². The first kappa shape index (κ1) is 15.6. The third-order valence-corrected chi connectivity index (χ3v) is 4.74. The molecule has 2 aliphatic rings. The number of ether oxygens (including phenoxy) is 2. The summed E-state index contributed by atoms with van der Waals surface area (Å²) in [4.78, 5) is 12.0. The van der Waals surface area contributed by atoms with Gasteiger partial charge < -0.3 is 20.1 Å². The summed E-state index contributed by atoms with van der Waals surface area (Å²) >= 11 is 0. The zero-order chi connectivity index (χ0) is 14.4. The molecule has 20 heavy (non-hydrogen) atoms. The van der Waals surface area contributed by atoms with Gasteiger partial charge >= 0.3 is 6.03 Å². The van der Waals surface area contributed by atoms with E-state index in [1.807, 2.05) is 0 Å². The van der Waals surface area contributed by atoms with Crippen molar-refractivity contribution in [1.29, 1.82) is 0 Å². The molecule has 2 aliphatic carbocycles. The lowest BCUT2D eigenvalue weighted by Crippen LogP contribution is -2.50. The van der Waals surface area contributed by atoms with E-state index in [0.29, 0.717) is 5.41 Å². The molecule has 0 radical (unpaired) electrons. The SMILES string of the molecule is COCCC1(CNC(=O)N[C@@H]2CCCC[C@H]2OC)CC1. The maximum atomic E-state index is 12.0. The smallest absolute Gasteiger partial charge is 0.315 e. The van der Waals surface area contributed by atoms with Crippen molar-refractivity contribution in [3.8, 4) is 0 Å². The Morgan fingerprint density at radius 1 is 1.25 bits per heavy atom. The number of urea groups is 1. The van der Waals surface area contributed by atoms with Crippen LogP contribution in [-0.2, 0) is 9.47 Å². The Morgan fingerprint density at radius 2 is 2.00 bits per heavy atom. The molecule has 0 aliphatic heterocycles. The average Bonchev–Trinajstić information content (AvgIpc) is 3.24. The van der Waals surface area contributed by atoms with Crippen LogP contribution in [0.15, 0.2) is 0 Å². The van der Waals surface area contributed by atoms with Crippen LogP contribution in [0.4, 0.5) is 4.79 Å². The number of rotatable bonds is 7. The normalized spacial score (nSPS) is 27.9. The van der Waals surface area contributed by atoms with Crippen LogP contribution >= 0.6 is 0 Å². The second kappa shape index (κ2) is 7.27. The van der Waals surface area contributed by atoms with Gasteiger partial charge in [-0.15, -0.1) is 0 Å². The third kappa shape index (κ3) is 4.35. The number of methoxy groups -OCH3 is 2. The lowest BCUT2D eigenvalue weighted by molar-refractivity contribution is 0.0451. The standard InChI is InChI=1S/C15H28N2O3/c1-19-10-9-15(7-8-15)11-16-14(18)17-12-5-3-4-6-13(12)20-2/h12-13H,3-11H2,1-2H3,(H2,16,17,18)/t12-,13-/m1/s1. The zero-order valence-corrected chi connectivity index (χ0v) is 12.7. The number of carbonyl (C=O) groups excluding carboxylic acids is 1. The minimum absolute atomic E-state index is 0.0531. The lowest BCUT2D eigenvalue weighted by Gasteiger charge is -2.31. The first-order valence-electron chi connectivity index (χ1n) is 7.75. The van der Waals surface area contributed by atoms with Crippen molar-refractivity contribution in [2.75, 3.05) is 27.4 Å². The highest BCUT2D eigenvalue weighted by Gasteiger charge is 2.42. The Kier molecular flexibility index (Phi) is 5.66. The molecule has 0 saturated heterocycles. The minimum atomic E-state index is -0.0531. The summed E-state index contributed by atoms with van der Waals surface area (Å²) < 4.78 is 10.6. The van der Waals surface area contributed by atoms with Crippen LogP contribution in [0.25, 0.3) is 0 Å². The molecule has 2 saturated carbocycles. The summed E-state index contributed by atoms with van der Waals surface area (Å²) in [5, 5.41) is 6.10. The Hall–Kier alpha value is -0.810. The molecule has 0 heterocycles. The topological polar surface area (TPSA) is 59.6 Å². The first-order valence-corrected chi connectivity index (χ1v) is 7.75. The van der Waals surface area contributed by atoms with Gasteiger partial charge in [-0.25, -0.2) is 4.79 Å². The summed E-state index contributed by atoms with van der Waals surface area (Å²) in [5.74, 6) is 0. The number of hydrogen-bond acceptors (Lipinski definition) is 3. The third-order valence-electron chi connectivity index (χ3n) is 4.74. The molecule has 0 aromatic heterocycles. The van der Waals surface area contributed by atoms with Crippen LogP contribution in [0.5, 0.6) is 0 Å². The van der Waals surface area contributed by atoms with Gasteiger partial charge in [0.2, 0.25) is 0 Å². The quantitative estimate of drug-likeness (QED) is 0.752. The fourth-order valence-electron chi connectivity index (χ4n) is 3.04. The number of hydrogen-bond donors (Lipinski definition) is 2. The van der Waals surface area contributed by atoms with Gasteiger partial charge in [-0.2, -0.15) is 0 Å². The molecule has 0 unspecified atom stereocenters. The molecule has 0 aromatic rings. The van der Waals surface area contributed by atoms with Gasteiger partial charge in [0.1, 0.15) is 0 Å². The summed E-state index contributed by atoms with van der Waals surface area (Å²) in [5.41, 5.74) is 0.292. The lowest BCUT2D eigenvalue weighted by atomic mass is 9.92. The van der Waals surface area contributed by atoms with Gasteiger partial charge in [0.25, 0.3) is 0 Å². The predicted molar refractivity (Wildman–Crippen MR) is 77.7 cm³/mol. The van der Waals surface area contributed by atoms with Crippen molar-refractivity contribution in [3.63, 3.8) is 0 Å². The van der Waals surface area contributed by atoms with E-state index in [1.165, 1.54) is 25.7 Å². The monoisotopic (exact) mass is 284 g/mol. The van der Waals surface area contributed by atoms with E-state index in [9.17, 15) is 4.79 Å². The summed E-state index contributed by atoms with van der Waals surface area (Å²) in [6.45, 7) is 1.53. The molecule has 2 fully saturated rings. The Balaban J connectivity index is 1.69. The molecular weight excluding hydrogens is 256 g/mol. The second-order valence-corrected chi connectivity index (χ2v) is 6.23. The van der Waals surface area contributed by atoms with Crippen molar-refractivity contribution in [3.05, 3.63) is 0 Å². The van der Waals surface area contributed by atoms with E-state index in [2.05, 4.69) is 10.6 Å². The number of nitrogens with one attached hydrogen (secondary N) is 2. The maximum Gasteiger partial charge on any atom is 0.315 e. The van der Waals surface area contributed by atoms with E-state index < -0.39 is 0 Å². The fraction of sp³-hybridized carbons (Fsp3) is 0.933. The summed E-state index contributed by atoms with van der Waals surface area (Å²) in [6, 6.07) is 0.102. The summed E-state index contributed by atoms with van der Waals surface area (Å²) in [6.07, 6.45) is 8.01. The summed E-state index contributed by atoms with van der Waals surface area (Å²) in [7, 11) is 3.46. The largest absolute Gasteiger partial charge is 0.385 e. The Bertz CT molecular complexity index is 318. The van der Waals surface area contributed by atoms with Crippen molar-refractivity contribution in [2.24, 2.45) is 5.41 Å². The highest BCUT2D eigenvalue weighted by atomic mass is 16.5. The van der Waals surface area contributed by atoms with E-state index in [0.717, 1.165) is 32.4 Å². The molecule has 5 nitrogen and oxygen atoms in total. The van der Waals surface area contributed by atoms with Crippen LogP contribution in [-0.4, -0.2) is 45.5 Å². The molecule has 5 heteroatoms. The number of carbonyl (C=O) groups is 1. The van der Waals surface area contributed by atoms with Gasteiger partial charge in [0.15, 0.2) is 0 Å². The van der Waals surface area contributed by atoms with Crippen LogP contribution in [0, 0.1) is 5.41 Å². The highest BCUT2D eigenvalue weighted by Crippen LogP contribution is 2.48. The molecule has 0 spiro atoms. The van der Waals surface area contributed by atoms with Crippen molar-refractivity contribution >= 4 is 6.03 Å². The minimum Gasteiger partial charge on any atom is -0.385 e. The van der Waals surface area contributed by atoms with Crippen LogP contribution in [0.2, 0.25) is 0 Å². The molecule has 0 bridgehead atoms. The Morgan fingerprint density at radius 3 is 2.65 bits per heavy atom. The zero-order valence-electron chi connectivity index (χ0n) is 12.7. The molecule has 2 N–H and O–H groups in total. The fourth-order valence-corrected chi connectivity index (χ4v) is 3.04. The Labute approximate surface area is 121 Å². The molecule has 2 rings (SSSR count). The van der Waals surface area contributed by atoms with Gasteiger partial charge in [0, 0.05) is 27.4 Å². The second-order valence-electron chi connectivity index (χ2n) is 6.23. The van der Waals surface area contributed by atoms with Gasteiger partial charge in [-0.05, 0) is 37.5 Å². The van der Waals surface area contributed by atoms with Crippen LogP contribution in [0.3, 0.4) is 0 Å². The van der Waals surface area contributed by atoms with Gasteiger partial charge in [-0.1, -0.05) is 12.8 Å². The van der Waals surface area contributed by atoms with Crippen molar-refractivity contribution in [2.45, 2.75) is 57.1 Å². The molecule has 0 aromatic carbocycles. The van der Waals surface area contributed by atoms with Crippen LogP contribution in [0.1, 0.15) is 44.9 Å².